The highest BCUT2D eigenvalue weighted by atomic mass is 32.1. The number of aromatic hydroxyl groups is 1. The highest BCUT2D eigenvalue weighted by molar-refractivity contribution is 7.13. The van der Waals surface area contributed by atoms with Gasteiger partial charge in [0.15, 0.2) is 0 Å². The summed E-state index contributed by atoms with van der Waals surface area (Å²) in [6.45, 7) is 6.54. The third-order valence-corrected chi connectivity index (χ3v) is 5.88. The summed E-state index contributed by atoms with van der Waals surface area (Å²) in [4.78, 5) is 21.4. The quantitative estimate of drug-likeness (QED) is 0.664. The van der Waals surface area contributed by atoms with Gasteiger partial charge in [0.2, 0.25) is 0 Å². The van der Waals surface area contributed by atoms with Crippen molar-refractivity contribution in [3.8, 4) is 22.1 Å². The maximum absolute atomic E-state index is 12.9. The molecule has 2 heterocycles. The molecule has 1 fully saturated rings. The molecule has 0 radical (unpaired) electrons. The first-order valence-corrected chi connectivity index (χ1v) is 10.9. The van der Waals surface area contributed by atoms with Crippen molar-refractivity contribution in [2.45, 2.75) is 20.0 Å². The van der Waals surface area contributed by atoms with Crippen molar-refractivity contribution < 1.29 is 14.6 Å². The van der Waals surface area contributed by atoms with E-state index in [9.17, 15) is 9.90 Å². The molecule has 7 heteroatoms. The van der Waals surface area contributed by atoms with Crippen LogP contribution in [0.15, 0.2) is 53.9 Å². The monoisotopic (exact) mass is 423 g/mol. The number of anilines is 1. The number of piperazine rings is 1. The molecule has 3 aromatic rings. The van der Waals surface area contributed by atoms with Crippen LogP contribution in [0.4, 0.5) is 5.69 Å². The van der Waals surface area contributed by atoms with Gasteiger partial charge in [-0.2, -0.15) is 0 Å². The van der Waals surface area contributed by atoms with E-state index < -0.39 is 0 Å². The zero-order valence-electron chi connectivity index (χ0n) is 17.1. The number of benzene rings is 2. The molecule has 6 nitrogen and oxygen atoms in total. The van der Waals surface area contributed by atoms with Gasteiger partial charge < -0.3 is 19.6 Å². The molecule has 0 spiro atoms. The molecule has 4 rings (SSSR count). The predicted octanol–water partition coefficient (Wildman–Crippen LogP) is 4.27. The minimum Gasteiger partial charge on any atom is -0.506 e. The normalized spacial score (nSPS) is 14.2. The van der Waals surface area contributed by atoms with Crippen molar-refractivity contribution in [1.82, 2.24) is 9.88 Å². The molecule has 156 valence electrons. The number of carbonyl (C=O) groups is 1. The number of hydrogen-bond acceptors (Lipinski definition) is 6. The molecule has 0 saturated carbocycles. The van der Waals surface area contributed by atoms with Crippen molar-refractivity contribution in [2.75, 3.05) is 31.1 Å². The van der Waals surface area contributed by atoms with Crippen molar-refractivity contribution >= 4 is 22.9 Å². The average Bonchev–Trinajstić information content (AvgIpc) is 3.24. The number of hydrogen-bond donors (Lipinski definition) is 1. The average molecular weight is 424 g/mol. The summed E-state index contributed by atoms with van der Waals surface area (Å²) in [6.07, 6.45) is 0.131. The van der Waals surface area contributed by atoms with Crippen LogP contribution in [0.25, 0.3) is 10.6 Å². The Kier molecular flexibility index (Phi) is 5.90. The second-order valence-corrected chi connectivity index (χ2v) is 8.35. The molecule has 30 heavy (non-hydrogen) atoms. The highest BCUT2D eigenvalue weighted by Crippen LogP contribution is 2.29. The zero-order chi connectivity index (χ0) is 21.1. The van der Waals surface area contributed by atoms with Gasteiger partial charge in [-0.05, 0) is 50.2 Å². The Morgan fingerprint density at radius 2 is 1.77 bits per heavy atom. The summed E-state index contributed by atoms with van der Waals surface area (Å²) in [7, 11) is 0. The third-order valence-electron chi connectivity index (χ3n) is 4.99. The molecule has 1 aliphatic heterocycles. The van der Waals surface area contributed by atoms with Gasteiger partial charge in [0, 0.05) is 37.1 Å². The molecule has 0 atom stereocenters. The van der Waals surface area contributed by atoms with E-state index >= 15 is 0 Å². The fourth-order valence-corrected chi connectivity index (χ4v) is 4.30. The van der Waals surface area contributed by atoms with Crippen LogP contribution in [-0.2, 0) is 0 Å². The topological polar surface area (TPSA) is 65.9 Å². The number of phenolic OH excluding ortho intramolecular Hbond substituents is 1. The second-order valence-electron chi connectivity index (χ2n) is 7.50. The van der Waals surface area contributed by atoms with Crippen LogP contribution in [0.3, 0.4) is 0 Å². The van der Waals surface area contributed by atoms with Crippen LogP contribution < -0.4 is 9.64 Å². The maximum atomic E-state index is 12.9. The molecule has 0 bridgehead atoms. The number of phenols is 1. The van der Waals surface area contributed by atoms with Crippen LogP contribution in [0.2, 0.25) is 0 Å². The van der Waals surface area contributed by atoms with Crippen LogP contribution in [0.1, 0.15) is 24.3 Å². The van der Waals surface area contributed by atoms with Crippen molar-refractivity contribution in [3.05, 3.63) is 59.6 Å². The molecule has 0 aliphatic carbocycles. The zero-order valence-corrected chi connectivity index (χ0v) is 17.9. The molecule has 1 N–H and O–H groups in total. The Hall–Kier alpha value is -3.06. The number of carbonyl (C=O) groups excluding carboxylic acids is 1. The summed E-state index contributed by atoms with van der Waals surface area (Å²) >= 11 is 1.47. The second kappa shape index (κ2) is 8.75. The first kappa shape index (κ1) is 20.2. The van der Waals surface area contributed by atoms with Gasteiger partial charge in [0.05, 0.1) is 11.8 Å². The maximum Gasteiger partial charge on any atom is 0.273 e. The number of rotatable bonds is 5. The van der Waals surface area contributed by atoms with E-state index in [2.05, 4.69) is 9.88 Å². The molecule has 2 aromatic carbocycles. The molecule has 1 aliphatic rings. The minimum absolute atomic E-state index is 0.0470. The summed E-state index contributed by atoms with van der Waals surface area (Å²) in [6, 6.07) is 15.1. The van der Waals surface area contributed by atoms with Crippen molar-refractivity contribution in [2.24, 2.45) is 0 Å². The number of amides is 1. The predicted molar refractivity (Wildman–Crippen MR) is 120 cm³/mol. The summed E-state index contributed by atoms with van der Waals surface area (Å²) in [5.41, 5.74) is 2.26. The van der Waals surface area contributed by atoms with Gasteiger partial charge in [-0.3, -0.25) is 4.79 Å². The van der Waals surface area contributed by atoms with E-state index in [-0.39, 0.29) is 17.8 Å². The molecule has 1 amide bonds. The fourth-order valence-electron chi connectivity index (χ4n) is 3.50. The van der Waals surface area contributed by atoms with Gasteiger partial charge in [-0.15, -0.1) is 11.3 Å². The van der Waals surface area contributed by atoms with Crippen LogP contribution in [0, 0.1) is 0 Å². The van der Waals surface area contributed by atoms with Crippen LogP contribution >= 0.6 is 11.3 Å². The SMILES string of the molecule is CC(C)Oc1ccc(-c2nc(C(=O)N3CCN(c4ccccc4O)CC3)cs2)cc1. The van der Waals surface area contributed by atoms with Crippen LogP contribution in [-0.4, -0.2) is 53.2 Å². The lowest BCUT2D eigenvalue weighted by atomic mass is 10.2. The Labute approximate surface area is 180 Å². The van der Waals surface area contributed by atoms with Crippen LogP contribution in [0.5, 0.6) is 11.5 Å². The molecule has 1 aromatic heterocycles. The Balaban J connectivity index is 1.39. The van der Waals surface area contributed by atoms with Gasteiger partial charge in [-0.1, -0.05) is 12.1 Å². The van der Waals surface area contributed by atoms with Gasteiger partial charge in [0.1, 0.15) is 22.2 Å². The lowest BCUT2D eigenvalue weighted by Crippen LogP contribution is -2.48. The van der Waals surface area contributed by atoms with E-state index in [4.69, 9.17) is 4.74 Å². The third kappa shape index (κ3) is 4.41. The van der Waals surface area contributed by atoms with E-state index in [1.54, 1.807) is 6.07 Å². The molecular weight excluding hydrogens is 398 g/mol. The summed E-state index contributed by atoms with van der Waals surface area (Å²) < 4.78 is 5.68. The van der Waals surface area contributed by atoms with Gasteiger partial charge >= 0.3 is 0 Å². The summed E-state index contributed by atoms with van der Waals surface area (Å²) in [5, 5.41) is 12.7. The Bertz CT molecular complexity index is 1010. The molecule has 0 unspecified atom stereocenters. The Morgan fingerprint density at radius 1 is 1.07 bits per heavy atom. The minimum atomic E-state index is -0.0470. The first-order valence-electron chi connectivity index (χ1n) is 10.1. The highest BCUT2D eigenvalue weighted by Gasteiger charge is 2.25. The number of thiazole rings is 1. The molecular formula is C23H25N3O3S. The number of para-hydroxylation sites is 2. The number of ether oxygens (including phenoxy) is 1. The number of nitrogens with zero attached hydrogens (tertiary/aromatic N) is 3. The number of aromatic nitrogens is 1. The van der Waals surface area contributed by atoms with E-state index in [0.29, 0.717) is 31.9 Å². The standard InChI is InChI=1S/C23H25N3O3S/c1-16(2)29-18-9-7-17(8-10-18)22-24-19(15-30-22)23(28)26-13-11-25(12-14-26)20-5-3-4-6-21(20)27/h3-10,15-16,27H,11-14H2,1-2H3. The molecule has 1 saturated heterocycles. The van der Waals surface area contributed by atoms with E-state index in [0.717, 1.165) is 22.0 Å². The summed E-state index contributed by atoms with van der Waals surface area (Å²) in [5.74, 6) is 1.05. The lowest BCUT2D eigenvalue weighted by Gasteiger charge is -2.36. The van der Waals surface area contributed by atoms with E-state index in [1.807, 2.05) is 66.6 Å². The van der Waals surface area contributed by atoms with Gasteiger partial charge in [0.25, 0.3) is 5.91 Å². The van der Waals surface area contributed by atoms with Gasteiger partial charge in [-0.25, -0.2) is 4.98 Å². The van der Waals surface area contributed by atoms with Crippen molar-refractivity contribution in [1.29, 1.82) is 0 Å². The smallest absolute Gasteiger partial charge is 0.273 e. The Morgan fingerprint density at radius 3 is 2.43 bits per heavy atom. The largest absolute Gasteiger partial charge is 0.506 e. The van der Waals surface area contributed by atoms with Crippen molar-refractivity contribution in [3.63, 3.8) is 0 Å². The van der Waals surface area contributed by atoms with E-state index in [1.165, 1.54) is 11.3 Å². The first-order chi connectivity index (χ1) is 14.5. The fraction of sp³-hybridized carbons (Fsp3) is 0.304. The lowest BCUT2D eigenvalue weighted by molar-refractivity contribution is 0.0741.